The first-order chi connectivity index (χ1) is 10.6. The number of carbonyl (C=O) groups is 2. The third-order valence-electron chi connectivity index (χ3n) is 3.22. The van der Waals surface area contributed by atoms with Crippen LogP contribution in [0.2, 0.25) is 0 Å². The predicted octanol–water partition coefficient (Wildman–Crippen LogP) is 4.06. The van der Waals surface area contributed by atoms with Crippen molar-refractivity contribution in [3.63, 3.8) is 0 Å². The molecule has 2 aromatic carbocycles. The molecule has 0 aliphatic carbocycles. The van der Waals surface area contributed by atoms with Gasteiger partial charge >= 0.3 is 0 Å². The highest BCUT2D eigenvalue weighted by atomic mass is 32.2. The minimum absolute atomic E-state index is 0.256. The number of benzene rings is 2. The van der Waals surface area contributed by atoms with Crippen LogP contribution in [0.25, 0.3) is 6.08 Å². The summed E-state index contributed by atoms with van der Waals surface area (Å²) in [7, 11) is 0. The monoisotopic (exact) mass is 313 g/mol. The Morgan fingerprint density at radius 3 is 2.36 bits per heavy atom. The number of imide groups is 1. The van der Waals surface area contributed by atoms with Crippen LogP contribution >= 0.6 is 11.8 Å². The molecule has 3 nitrogen and oxygen atoms in total. The van der Waals surface area contributed by atoms with Gasteiger partial charge in [0.2, 0.25) is 0 Å². The molecule has 1 saturated heterocycles. The second-order valence-corrected chi connectivity index (χ2v) is 5.80. The van der Waals surface area contributed by atoms with Crippen LogP contribution in [-0.2, 0) is 11.3 Å². The van der Waals surface area contributed by atoms with Crippen LogP contribution in [0, 0.1) is 5.82 Å². The van der Waals surface area contributed by atoms with E-state index in [1.165, 1.54) is 17.0 Å². The molecule has 1 aliphatic rings. The molecule has 1 aliphatic heterocycles. The lowest BCUT2D eigenvalue weighted by Gasteiger charge is -2.12. The molecule has 0 atom stereocenters. The van der Waals surface area contributed by atoms with E-state index < -0.39 is 0 Å². The van der Waals surface area contributed by atoms with Gasteiger partial charge < -0.3 is 0 Å². The number of nitrogens with zero attached hydrogens (tertiary/aromatic N) is 1. The SMILES string of the molecule is O=C1SC(=Cc2ccc(F)cc2)C(=O)N1Cc1ccccc1. The summed E-state index contributed by atoms with van der Waals surface area (Å²) < 4.78 is 12.9. The van der Waals surface area contributed by atoms with Crippen LogP contribution in [0.4, 0.5) is 9.18 Å². The molecule has 110 valence electrons. The van der Waals surface area contributed by atoms with Crippen LogP contribution in [0.1, 0.15) is 11.1 Å². The Labute approximate surface area is 131 Å². The predicted molar refractivity (Wildman–Crippen MR) is 84.4 cm³/mol. The van der Waals surface area contributed by atoms with Gasteiger partial charge in [-0.15, -0.1) is 0 Å². The lowest BCUT2D eigenvalue weighted by Crippen LogP contribution is -2.27. The summed E-state index contributed by atoms with van der Waals surface area (Å²) in [5.41, 5.74) is 1.58. The molecule has 1 heterocycles. The molecular formula is C17H12FNO2S. The standard InChI is InChI=1S/C17H12FNO2S/c18-14-8-6-12(7-9-14)10-15-16(20)19(17(21)22-15)11-13-4-2-1-3-5-13/h1-10H,11H2. The number of thioether (sulfide) groups is 1. The van der Waals surface area contributed by atoms with E-state index in [0.29, 0.717) is 10.5 Å². The highest BCUT2D eigenvalue weighted by Gasteiger charge is 2.34. The van der Waals surface area contributed by atoms with E-state index in [0.717, 1.165) is 17.3 Å². The maximum atomic E-state index is 12.9. The van der Waals surface area contributed by atoms with Gasteiger partial charge in [0.15, 0.2) is 0 Å². The Bertz CT molecular complexity index is 741. The second kappa shape index (κ2) is 6.15. The molecule has 22 heavy (non-hydrogen) atoms. The number of hydrogen-bond acceptors (Lipinski definition) is 3. The summed E-state index contributed by atoms with van der Waals surface area (Å²) in [5, 5.41) is -0.290. The minimum atomic E-state index is -0.339. The number of amides is 2. The molecule has 2 aromatic rings. The Balaban J connectivity index is 1.80. The van der Waals surface area contributed by atoms with E-state index in [1.807, 2.05) is 30.3 Å². The average Bonchev–Trinajstić information content (AvgIpc) is 2.78. The van der Waals surface area contributed by atoms with E-state index >= 15 is 0 Å². The number of carbonyl (C=O) groups excluding carboxylic acids is 2. The molecule has 3 rings (SSSR count). The highest BCUT2D eigenvalue weighted by Crippen LogP contribution is 2.33. The zero-order chi connectivity index (χ0) is 15.5. The third-order valence-corrected chi connectivity index (χ3v) is 4.13. The summed E-state index contributed by atoms with van der Waals surface area (Å²) in [6.07, 6.45) is 1.61. The van der Waals surface area contributed by atoms with Gasteiger partial charge in [-0.05, 0) is 41.1 Å². The summed E-state index contributed by atoms with van der Waals surface area (Å²) in [5.74, 6) is -0.655. The third kappa shape index (κ3) is 3.09. The Morgan fingerprint density at radius 1 is 1.00 bits per heavy atom. The van der Waals surface area contributed by atoms with Gasteiger partial charge in [0.1, 0.15) is 5.82 Å². The van der Waals surface area contributed by atoms with E-state index in [9.17, 15) is 14.0 Å². The van der Waals surface area contributed by atoms with Gasteiger partial charge in [-0.25, -0.2) is 4.39 Å². The maximum absolute atomic E-state index is 12.9. The van der Waals surface area contributed by atoms with Crippen molar-refractivity contribution in [3.8, 4) is 0 Å². The molecule has 5 heteroatoms. The molecular weight excluding hydrogens is 301 g/mol. The minimum Gasteiger partial charge on any atom is -0.268 e. The summed E-state index contributed by atoms with van der Waals surface area (Å²) >= 11 is 0.905. The van der Waals surface area contributed by atoms with Gasteiger partial charge in [-0.2, -0.15) is 0 Å². The van der Waals surface area contributed by atoms with Crippen LogP contribution in [0.3, 0.4) is 0 Å². The van der Waals surface area contributed by atoms with Crippen molar-refractivity contribution >= 4 is 29.0 Å². The number of hydrogen-bond donors (Lipinski definition) is 0. The normalized spacial score (nSPS) is 16.6. The van der Waals surface area contributed by atoms with Crippen molar-refractivity contribution in [2.24, 2.45) is 0 Å². The molecule has 0 N–H and O–H groups in total. The van der Waals surface area contributed by atoms with Gasteiger partial charge in [0.05, 0.1) is 11.4 Å². The van der Waals surface area contributed by atoms with Gasteiger partial charge in [-0.1, -0.05) is 42.5 Å². The van der Waals surface area contributed by atoms with Crippen LogP contribution in [0.5, 0.6) is 0 Å². The van der Waals surface area contributed by atoms with E-state index in [1.54, 1.807) is 18.2 Å². The number of rotatable bonds is 3. The fraction of sp³-hybridized carbons (Fsp3) is 0.0588. The zero-order valence-electron chi connectivity index (χ0n) is 11.5. The maximum Gasteiger partial charge on any atom is 0.293 e. The summed E-state index contributed by atoms with van der Waals surface area (Å²) in [4.78, 5) is 25.9. The quantitative estimate of drug-likeness (QED) is 0.802. The molecule has 1 fully saturated rings. The van der Waals surface area contributed by atoms with Crippen molar-refractivity contribution < 1.29 is 14.0 Å². The van der Waals surface area contributed by atoms with Crippen molar-refractivity contribution in [2.45, 2.75) is 6.54 Å². The smallest absolute Gasteiger partial charge is 0.268 e. The number of halogens is 1. The van der Waals surface area contributed by atoms with Crippen molar-refractivity contribution in [3.05, 3.63) is 76.4 Å². The van der Waals surface area contributed by atoms with Crippen molar-refractivity contribution in [1.29, 1.82) is 0 Å². The molecule has 0 spiro atoms. The highest BCUT2D eigenvalue weighted by molar-refractivity contribution is 8.18. The lowest BCUT2D eigenvalue weighted by atomic mass is 10.2. The van der Waals surface area contributed by atoms with E-state index in [2.05, 4.69) is 0 Å². The molecule has 0 saturated carbocycles. The van der Waals surface area contributed by atoms with Crippen molar-refractivity contribution in [2.75, 3.05) is 0 Å². The Kier molecular flexibility index (Phi) is 4.06. The molecule has 0 radical (unpaired) electrons. The average molecular weight is 313 g/mol. The van der Waals surface area contributed by atoms with E-state index in [-0.39, 0.29) is 23.5 Å². The summed E-state index contributed by atoms with van der Waals surface area (Å²) in [6.45, 7) is 0.256. The molecule has 2 amide bonds. The first kappa shape index (κ1) is 14.5. The lowest BCUT2D eigenvalue weighted by molar-refractivity contribution is -0.123. The van der Waals surface area contributed by atoms with Gasteiger partial charge in [0, 0.05) is 0 Å². The Hall–Kier alpha value is -2.40. The second-order valence-electron chi connectivity index (χ2n) is 4.81. The van der Waals surface area contributed by atoms with Crippen LogP contribution in [0.15, 0.2) is 59.5 Å². The fourth-order valence-electron chi connectivity index (χ4n) is 2.11. The van der Waals surface area contributed by atoms with E-state index in [4.69, 9.17) is 0 Å². The first-order valence-corrected chi connectivity index (χ1v) is 7.50. The first-order valence-electron chi connectivity index (χ1n) is 6.68. The fourth-order valence-corrected chi connectivity index (χ4v) is 2.95. The molecule has 0 aromatic heterocycles. The van der Waals surface area contributed by atoms with Gasteiger partial charge in [0.25, 0.3) is 11.1 Å². The zero-order valence-corrected chi connectivity index (χ0v) is 12.3. The Morgan fingerprint density at radius 2 is 1.68 bits per heavy atom. The topological polar surface area (TPSA) is 37.4 Å². The molecule has 0 unspecified atom stereocenters. The van der Waals surface area contributed by atoms with Crippen molar-refractivity contribution in [1.82, 2.24) is 4.90 Å². The van der Waals surface area contributed by atoms with Crippen LogP contribution in [-0.4, -0.2) is 16.0 Å². The largest absolute Gasteiger partial charge is 0.293 e. The summed E-state index contributed by atoms with van der Waals surface area (Å²) in [6, 6.07) is 15.1. The van der Waals surface area contributed by atoms with Crippen LogP contribution < -0.4 is 0 Å². The van der Waals surface area contributed by atoms with Gasteiger partial charge in [-0.3, -0.25) is 14.5 Å². The molecule has 0 bridgehead atoms.